The maximum Gasteiger partial charge on any atom is 0.234 e. The van der Waals surface area contributed by atoms with Crippen LogP contribution in [0.1, 0.15) is 30.8 Å². The van der Waals surface area contributed by atoms with Gasteiger partial charge in [0.15, 0.2) is 28.4 Å². The molecular formula is C15H16N4O2S. The number of aromatic nitrogens is 4. The largest absolute Gasteiger partial charge is 0.485 e. The molecule has 1 atom stereocenters. The molecule has 4 rings (SSSR count). The van der Waals surface area contributed by atoms with Crippen molar-refractivity contribution in [2.24, 2.45) is 5.92 Å². The molecule has 1 aromatic carbocycles. The minimum atomic E-state index is -0.200. The van der Waals surface area contributed by atoms with Crippen molar-refractivity contribution in [2.45, 2.75) is 26.4 Å². The van der Waals surface area contributed by atoms with Gasteiger partial charge in [-0.1, -0.05) is 37.3 Å². The van der Waals surface area contributed by atoms with Crippen LogP contribution in [0, 0.1) is 5.92 Å². The summed E-state index contributed by atoms with van der Waals surface area (Å²) in [6, 6.07) is 7.69. The number of hydrogen-bond donors (Lipinski definition) is 0. The molecule has 2 aromatic heterocycles. The number of para-hydroxylation sites is 2. The van der Waals surface area contributed by atoms with Crippen LogP contribution in [-0.4, -0.2) is 26.4 Å². The summed E-state index contributed by atoms with van der Waals surface area (Å²) >= 11 is 1.50. The van der Waals surface area contributed by atoms with Crippen LogP contribution < -0.4 is 9.47 Å². The van der Waals surface area contributed by atoms with Gasteiger partial charge in [0.25, 0.3) is 0 Å². The first-order valence-electron chi connectivity index (χ1n) is 7.30. The van der Waals surface area contributed by atoms with E-state index < -0.39 is 0 Å². The summed E-state index contributed by atoms with van der Waals surface area (Å²) < 4.78 is 13.6. The van der Waals surface area contributed by atoms with Gasteiger partial charge in [-0.25, -0.2) is 0 Å². The molecule has 0 saturated heterocycles. The van der Waals surface area contributed by atoms with E-state index >= 15 is 0 Å². The Labute approximate surface area is 131 Å². The monoisotopic (exact) mass is 316 g/mol. The Balaban J connectivity index is 1.63. The van der Waals surface area contributed by atoms with Crippen molar-refractivity contribution in [3.05, 3.63) is 35.1 Å². The third-order valence-corrected chi connectivity index (χ3v) is 4.44. The van der Waals surface area contributed by atoms with E-state index in [9.17, 15) is 0 Å². The molecule has 0 aliphatic carbocycles. The van der Waals surface area contributed by atoms with Gasteiger partial charge in [-0.3, -0.25) is 0 Å². The van der Waals surface area contributed by atoms with Crippen molar-refractivity contribution >= 4 is 16.3 Å². The molecule has 0 saturated carbocycles. The summed E-state index contributed by atoms with van der Waals surface area (Å²) in [4.78, 5) is 0.799. The zero-order valence-corrected chi connectivity index (χ0v) is 13.2. The van der Waals surface area contributed by atoms with Gasteiger partial charge in [-0.15, -0.1) is 10.2 Å². The lowest BCUT2D eigenvalue weighted by molar-refractivity contribution is 0.0904. The molecule has 3 aromatic rings. The van der Waals surface area contributed by atoms with Gasteiger partial charge in [0.1, 0.15) is 6.61 Å². The minimum absolute atomic E-state index is 0.200. The number of benzene rings is 1. The smallest absolute Gasteiger partial charge is 0.234 e. The molecule has 0 radical (unpaired) electrons. The van der Waals surface area contributed by atoms with Crippen molar-refractivity contribution in [3.63, 3.8) is 0 Å². The predicted octanol–water partition coefficient (Wildman–Crippen LogP) is 2.90. The second-order valence-electron chi connectivity index (χ2n) is 5.71. The van der Waals surface area contributed by atoms with Gasteiger partial charge in [0.05, 0.1) is 0 Å². The van der Waals surface area contributed by atoms with E-state index in [0.717, 1.165) is 33.7 Å². The van der Waals surface area contributed by atoms with E-state index in [1.807, 2.05) is 28.8 Å². The first kappa shape index (κ1) is 13.5. The second kappa shape index (κ2) is 5.24. The summed E-state index contributed by atoms with van der Waals surface area (Å²) in [5.41, 5.74) is 0. The highest BCUT2D eigenvalue weighted by Crippen LogP contribution is 2.36. The molecule has 22 heavy (non-hydrogen) atoms. The average molecular weight is 316 g/mol. The van der Waals surface area contributed by atoms with E-state index in [1.54, 1.807) is 0 Å². The van der Waals surface area contributed by atoms with Crippen molar-refractivity contribution < 1.29 is 9.47 Å². The molecule has 0 amide bonds. The maximum absolute atomic E-state index is 6.00. The number of hydrogen-bond acceptors (Lipinski definition) is 6. The summed E-state index contributed by atoms with van der Waals surface area (Å²) in [6.07, 6.45) is 0.656. The van der Waals surface area contributed by atoms with Gasteiger partial charge in [0.2, 0.25) is 4.96 Å². The zero-order valence-electron chi connectivity index (χ0n) is 12.4. The number of fused-ring (bicyclic) bond motifs is 2. The van der Waals surface area contributed by atoms with Crippen molar-refractivity contribution in [3.8, 4) is 11.5 Å². The highest BCUT2D eigenvalue weighted by atomic mass is 32.1. The van der Waals surface area contributed by atoms with E-state index in [-0.39, 0.29) is 6.10 Å². The summed E-state index contributed by atoms with van der Waals surface area (Å²) in [5, 5.41) is 13.9. The number of nitrogens with zero attached hydrogens (tertiary/aromatic N) is 4. The van der Waals surface area contributed by atoms with Gasteiger partial charge in [0, 0.05) is 6.42 Å². The first-order chi connectivity index (χ1) is 10.7. The van der Waals surface area contributed by atoms with Crippen LogP contribution in [0.4, 0.5) is 0 Å². The Hall–Kier alpha value is -2.15. The Bertz CT molecular complexity index is 811. The van der Waals surface area contributed by atoms with Crippen LogP contribution in [-0.2, 0) is 6.42 Å². The lowest BCUT2D eigenvalue weighted by Gasteiger charge is -2.24. The molecule has 3 heterocycles. The highest BCUT2D eigenvalue weighted by Gasteiger charge is 2.26. The molecular weight excluding hydrogens is 300 g/mol. The number of ether oxygens (including phenoxy) is 2. The molecule has 0 bridgehead atoms. The molecule has 114 valence electrons. The van der Waals surface area contributed by atoms with Crippen LogP contribution in [0.15, 0.2) is 24.3 Å². The molecule has 1 aliphatic heterocycles. The standard InChI is InChI=1S/C15H16N4O2S/c1-9(2)7-13-16-17-15-19(13)18-14(22-15)12-8-20-10-5-3-4-6-11(10)21-12/h3-6,9,12H,7-8H2,1-2H3/t12-/m0/s1. The molecule has 0 spiro atoms. The van der Waals surface area contributed by atoms with Crippen LogP contribution in [0.25, 0.3) is 4.96 Å². The molecule has 7 heteroatoms. The van der Waals surface area contributed by atoms with Crippen molar-refractivity contribution in [1.29, 1.82) is 0 Å². The molecule has 6 nitrogen and oxygen atoms in total. The minimum Gasteiger partial charge on any atom is -0.485 e. The second-order valence-corrected chi connectivity index (χ2v) is 6.70. The molecule has 1 aliphatic rings. The summed E-state index contributed by atoms with van der Waals surface area (Å²) in [5.74, 6) is 2.94. The fraction of sp³-hybridized carbons (Fsp3) is 0.400. The summed E-state index contributed by atoms with van der Waals surface area (Å²) in [7, 11) is 0. The van der Waals surface area contributed by atoms with Gasteiger partial charge < -0.3 is 9.47 Å². The van der Waals surface area contributed by atoms with E-state index in [1.165, 1.54) is 11.3 Å². The van der Waals surface area contributed by atoms with Gasteiger partial charge in [-0.05, 0) is 18.1 Å². The zero-order chi connectivity index (χ0) is 15.1. The Morgan fingerprint density at radius 3 is 2.91 bits per heavy atom. The van der Waals surface area contributed by atoms with Crippen LogP contribution in [0.3, 0.4) is 0 Å². The third-order valence-electron chi connectivity index (χ3n) is 3.45. The topological polar surface area (TPSA) is 61.5 Å². The molecule has 0 N–H and O–H groups in total. The maximum atomic E-state index is 6.00. The Morgan fingerprint density at radius 2 is 2.09 bits per heavy atom. The van der Waals surface area contributed by atoms with Crippen molar-refractivity contribution in [2.75, 3.05) is 6.61 Å². The lowest BCUT2D eigenvalue weighted by Crippen LogP contribution is -2.21. The first-order valence-corrected chi connectivity index (χ1v) is 8.12. The third kappa shape index (κ3) is 2.31. The Morgan fingerprint density at radius 1 is 1.27 bits per heavy atom. The highest BCUT2D eigenvalue weighted by molar-refractivity contribution is 7.16. The van der Waals surface area contributed by atoms with Crippen LogP contribution in [0.5, 0.6) is 11.5 Å². The lowest BCUT2D eigenvalue weighted by atomic mass is 10.1. The van der Waals surface area contributed by atoms with E-state index in [0.29, 0.717) is 12.5 Å². The fourth-order valence-corrected chi connectivity index (χ4v) is 3.31. The molecule has 0 unspecified atom stereocenters. The molecule has 0 fully saturated rings. The van der Waals surface area contributed by atoms with Gasteiger partial charge in [-0.2, -0.15) is 9.61 Å². The quantitative estimate of drug-likeness (QED) is 0.743. The van der Waals surface area contributed by atoms with Crippen molar-refractivity contribution in [1.82, 2.24) is 19.8 Å². The van der Waals surface area contributed by atoms with Gasteiger partial charge >= 0.3 is 0 Å². The van der Waals surface area contributed by atoms with E-state index in [4.69, 9.17) is 9.47 Å². The average Bonchev–Trinajstić information content (AvgIpc) is 3.08. The number of rotatable bonds is 3. The van der Waals surface area contributed by atoms with Crippen LogP contribution in [0.2, 0.25) is 0 Å². The Kier molecular flexibility index (Phi) is 3.22. The van der Waals surface area contributed by atoms with E-state index in [2.05, 4.69) is 29.1 Å². The SMILES string of the molecule is CC(C)Cc1nnc2sc([C@@H]3COc4ccccc4O3)nn12. The van der Waals surface area contributed by atoms with Crippen LogP contribution >= 0.6 is 11.3 Å². The predicted molar refractivity (Wildman–Crippen MR) is 82.5 cm³/mol. The summed E-state index contributed by atoms with van der Waals surface area (Å²) in [6.45, 7) is 4.77. The fourth-order valence-electron chi connectivity index (χ4n) is 2.44. The normalized spacial score (nSPS) is 17.3.